The molecule has 0 unspecified atom stereocenters. The molecule has 1 aromatic heterocycles. The van der Waals surface area contributed by atoms with E-state index in [9.17, 15) is 4.79 Å². The van der Waals surface area contributed by atoms with Crippen molar-refractivity contribution in [2.75, 3.05) is 20.5 Å². The quantitative estimate of drug-likeness (QED) is 0.420. The second-order valence-corrected chi connectivity index (χ2v) is 3.78. The third kappa shape index (κ3) is 5.51. The fourth-order valence-corrected chi connectivity index (χ4v) is 1.55. The van der Waals surface area contributed by atoms with E-state index in [4.69, 9.17) is 4.74 Å². The third-order valence-electron chi connectivity index (χ3n) is 1.51. The maximum atomic E-state index is 11.4. The first-order valence-corrected chi connectivity index (χ1v) is 5.33. The lowest BCUT2D eigenvalue weighted by atomic mass is 10.5. The molecular formula is C10H13NO3S. The van der Waals surface area contributed by atoms with Gasteiger partial charge >= 0.3 is 0 Å². The van der Waals surface area contributed by atoms with E-state index in [0.717, 1.165) is 11.8 Å². The van der Waals surface area contributed by atoms with Crippen LogP contribution in [0.2, 0.25) is 0 Å². The largest absolute Gasteiger partial charge is 0.359 e. The molecule has 5 heteroatoms. The molecule has 0 aliphatic rings. The van der Waals surface area contributed by atoms with Gasteiger partial charge in [0.15, 0.2) is 5.12 Å². The molecule has 0 aromatic carbocycles. The second-order valence-electron chi connectivity index (χ2n) is 2.71. The van der Waals surface area contributed by atoms with Crippen LogP contribution in [-0.2, 0) is 14.3 Å². The van der Waals surface area contributed by atoms with Gasteiger partial charge in [0.1, 0.15) is 11.8 Å². The lowest BCUT2D eigenvalue weighted by molar-refractivity contribution is -0.113. The molecule has 1 rings (SSSR count). The molecule has 0 fully saturated rings. The van der Waals surface area contributed by atoms with E-state index in [2.05, 4.69) is 9.72 Å². The van der Waals surface area contributed by atoms with Gasteiger partial charge in [0.2, 0.25) is 0 Å². The van der Waals surface area contributed by atoms with Crippen molar-refractivity contribution in [1.82, 2.24) is 4.98 Å². The summed E-state index contributed by atoms with van der Waals surface area (Å²) >= 11 is 1.13. The first kappa shape index (κ1) is 12.2. The number of rotatable bonds is 6. The van der Waals surface area contributed by atoms with E-state index in [1.54, 1.807) is 19.4 Å². The van der Waals surface area contributed by atoms with Crippen LogP contribution in [0.25, 0.3) is 0 Å². The van der Waals surface area contributed by atoms with Crippen molar-refractivity contribution in [3.8, 4) is 0 Å². The molecule has 15 heavy (non-hydrogen) atoms. The van der Waals surface area contributed by atoms with Crippen LogP contribution in [0.1, 0.15) is 6.42 Å². The van der Waals surface area contributed by atoms with Crippen LogP contribution in [0.15, 0.2) is 29.4 Å². The van der Waals surface area contributed by atoms with Crippen molar-refractivity contribution < 1.29 is 14.3 Å². The fraction of sp³-hybridized carbons (Fsp3) is 0.400. The minimum absolute atomic E-state index is 0.0461. The van der Waals surface area contributed by atoms with Gasteiger partial charge in [-0.15, -0.1) is 0 Å². The second kappa shape index (κ2) is 7.39. The number of hydrogen-bond acceptors (Lipinski definition) is 5. The lowest BCUT2D eigenvalue weighted by Gasteiger charge is -2.01. The molecule has 0 aliphatic heterocycles. The highest BCUT2D eigenvalue weighted by Crippen LogP contribution is 2.16. The Morgan fingerprint density at radius 1 is 1.53 bits per heavy atom. The lowest BCUT2D eigenvalue weighted by Crippen LogP contribution is -2.03. The number of methoxy groups -OCH3 is 1. The monoisotopic (exact) mass is 227 g/mol. The average Bonchev–Trinajstić information content (AvgIpc) is 2.26. The van der Waals surface area contributed by atoms with Gasteiger partial charge in [0.05, 0.1) is 6.61 Å². The number of nitrogens with zero attached hydrogens (tertiary/aromatic N) is 1. The Morgan fingerprint density at radius 2 is 2.40 bits per heavy atom. The van der Waals surface area contributed by atoms with Gasteiger partial charge in [0.25, 0.3) is 0 Å². The highest BCUT2D eigenvalue weighted by atomic mass is 32.2. The number of pyridine rings is 1. The summed E-state index contributed by atoms with van der Waals surface area (Å²) in [5.74, 6) is 0. The highest BCUT2D eigenvalue weighted by Gasteiger charge is 2.04. The zero-order valence-corrected chi connectivity index (χ0v) is 9.33. The Kier molecular flexibility index (Phi) is 5.99. The first-order chi connectivity index (χ1) is 7.33. The van der Waals surface area contributed by atoms with Crippen molar-refractivity contribution in [2.45, 2.75) is 11.4 Å². The van der Waals surface area contributed by atoms with Crippen molar-refractivity contribution >= 4 is 16.9 Å². The van der Waals surface area contributed by atoms with E-state index >= 15 is 0 Å². The summed E-state index contributed by atoms with van der Waals surface area (Å²) in [6, 6.07) is 5.47. The number of carbonyl (C=O) groups is 1. The SMILES string of the molecule is COCOCCC(=O)Sc1ccccn1. The van der Waals surface area contributed by atoms with Crippen LogP contribution in [-0.4, -0.2) is 30.6 Å². The number of aromatic nitrogens is 1. The van der Waals surface area contributed by atoms with Crippen molar-refractivity contribution in [2.24, 2.45) is 0 Å². The summed E-state index contributed by atoms with van der Waals surface area (Å²) < 4.78 is 9.70. The number of thioether (sulfide) groups is 1. The number of hydrogen-bond donors (Lipinski definition) is 0. The normalized spacial score (nSPS) is 10.2. The van der Waals surface area contributed by atoms with Crippen LogP contribution >= 0.6 is 11.8 Å². The molecule has 0 N–H and O–H groups in total. The molecule has 0 saturated heterocycles. The molecule has 4 nitrogen and oxygen atoms in total. The predicted molar refractivity (Wildman–Crippen MR) is 57.5 cm³/mol. The van der Waals surface area contributed by atoms with Crippen LogP contribution in [0, 0.1) is 0 Å². The summed E-state index contributed by atoms with van der Waals surface area (Å²) in [6.07, 6.45) is 2.03. The minimum Gasteiger partial charge on any atom is -0.359 e. The van der Waals surface area contributed by atoms with Gasteiger partial charge in [-0.25, -0.2) is 4.98 Å². The van der Waals surface area contributed by atoms with Crippen LogP contribution in [0.5, 0.6) is 0 Å². The highest BCUT2D eigenvalue weighted by molar-refractivity contribution is 8.13. The molecule has 0 saturated carbocycles. The molecule has 0 atom stereocenters. The Balaban J connectivity index is 2.19. The smallest absolute Gasteiger partial charge is 0.197 e. The van der Waals surface area contributed by atoms with Crippen LogP contribution < -0.4 is 0 Å². The fourth-order valence-electron chi connectivity index (χ4n) is 0.873. The zero-order valence-electron chi connectivity index (χ0n) is 8.51. The summed E-state index contributed by atoms with van der Waals surface area (Å²) in [5, 5.41) is 0.763. The van der Waals surface area contributed by atoms with E-state index in [1.165, 1.54) is 0 Å². The standard InChI is InChI=1S/C10H13NO3S/c1-13-8-14-7-5-10(12)15-9-4-2-3-6-11-9/h2-4,6H,5,7-8H2,1H3. The summed E-state index contributed by atoms with van der Waals surface area (Å²) in [4.78, 5) is 15.4. The average molecular weight is 227 g/mol. The molecular weight excluding hydrogens is 214 g/mol. The van der Waals surface area contributed by atoms with Gasteiger partial charge in [-0.2, -0.15) is 0 Å². The van der Waals surface area contributed by atoms with Crippen molar-refractivity contribution in [1.29, 1.82) is 0 Å². The third-order valence-corrected chi connectivity index (χ3v) is 2.39. The van der Waals surface area contributed by atoms with Gasteiger partial charge in [0, 0.05) is 19.7 Å². The van der Waals surface area contributed by atoms with E-state index in [1.807, 2.05) is 12.1 Å². The van der Waals surface area contributed by atoms with E-state index in [-0.39, 0.29) is 11.9 Å². The molecule has 0 bridgehead atoms. The molecule has 0 aliphatic carbocycles. The molecule has 0 spiro atoms. The van der Waals surface area contributed by atoms with Gasteiger partial charge in [-0.05, 0) is 23.9 Å². The van der Waals surface area contributed by atoms with E-state index < -0.39 is 0 Å². The van der Waals surface area contributed by atoms with Gasteiger partial charge in [-0.3, -0.25) is 4.79 Å². The Bertz CT molecular complexity index is 292. The Labute approximate surface area is 93.0 Å². The summed E-state index contributed by atoms with van der Waals surface area (Å²) in [5.41, 5.74) is 0. The molecule has 0 amide bonds. The van der Waals surface area contributed by atoms with Crippen LogP contribution in [0.4, 0.5) is 0 Å². The summed E-state index contributed by atoms with van der Waals surface area (Å²) in [7, 11) is 1.55. The van der Waals surface area contributed by atoms with Crippen LogP contribution in [0.3, 0.4) is 0 Å². The molecule has 0 radical (unpaired) electrons. The molecule has 82 valence electrons. The molecule has 1 heterocycles. The van der Waals surface area contributed by atoms with E-state index in [0.29, 0.717) is 18.1 Å². The van der Waals surface area contributed by atoms with Gasteiger partial charge in [-0.1, -0.05) is 6.07 Å². The van der Waals surface area contributed by atoms with Crippen molar-refractivity contribution in [3.05, 3.63) is 24.4 Å². The van der Waals surface area contributed by atoms with Gasteiger partial charge < -0.3 is 9.47 Å². The minimum atomic E-state index is 0.0461. The molecule has 1 aromatic rings. The maximum absolute atomic E-state index is 11.4. The first-order valence-electron chi connectivity index (χ1n) is 4.51. The number of carbonyl (C=O) groups excluding carboxylic acids is 1. The summed E-state index contributed by atoms with van der Waals surface area (Å²) in [6.45, 7) is 0.605. The Hall–Kier alpha value is -0.910. The maximum Gasteiger partial charge on any atom is 0.197 e. The van der Waals surface area contributed by atoms with Crippen molar-refractivity contribution in [3.63, 3.8) is 0 Å². The predicted octanol–water partition coefficient (Wildman–Crippen LogP) is 1.71. The zero-order chi connectivity index (χ0) is 10.9. The number of ether oxygens (including phenoxy) is 2. The Morgan fingerprint density at radius 3 is 3.07 bits per heavy atom. The topological polar surface area (TPSA) is 48.4 Å².